The third-order valence-corrected chi connectivity index (χ3v) is 2.72. The second-order valence-corrected chi connectivity index (χ2v) is 4.30. The van der Waals surface area contributed by atoms with Crippen molar-refractivity contribution < 1.29 is 14.1 Å². The minimum atomic E-state index is -0.715. The molecule has 0 bridgehead atoms. The van der Waals surface area contributed by atoms with Gasteiger partial charge in [0.1, 0.15) is 12.0 Å². The van der Waals surface area contributed by atoms with Crippen LogP contribution >= 0.6 is 11.6 Å². The maximum absolute atomic E-state index is 11.9. The zero-order chi connectivity index (χ0) is 14.9. The van der Waals surface area contributed by atoms with Gasteiger partial charge in [-0.3, -0.25) is 20.2 Å². The molecule has 0 spiro atoms. The lowest BCUT2D eigenvalue weighted by Gasteiger charge is -2.04. The number of carbonyl (C=O) groups is 1. The molecule has 0 fully saturated rings. The Labute approximate surface area is 117 Å². The van der Waals surface area contributed by atoms with Crippen molar-refractivity contribution in [1.82, 2.24) is 4.98 Å². The quantitative estimate of drug-likeness (QED) is 0.509. The van der Waals surface area contributed by atoms with Crippen LogP contribution in [0.1, 0.15) is 16.1 Å². The first-order valence-electron chi connectivity index (χ1n) is 5.35. The van der Waals surface area contributed by atoms with E-state index in [0.717, 1.165) is 6.07 Å². The average Bonchev–Trinajstić information content (AvgIpc) is 2.77. The van der Waals surface area contributed by atoms with Crippen molar-refractivity contribution >= 4 is 34.9 Å². The molecule has 3 N–H and O–H groups in total. The fourth-order valence-corrected chi connectivity index (χ4v) is 1.68. The topological polar surface area (TPSA) is 124 Å². The molecule has 20 heavy (non-hydrogen) atoms. The number of hydrogen-bond acceptors (Lipinski definition) is 6. The van der Waals surface area contributed by atoms with Crippen molar-refractivity contribution in [3.05, 3.63) is 44.8 Å². The molecular weight excluding hydrogens is 288 g/mol. The molecule has 0 aliphatic heterocycles. The van der Waals surface area contributed by atoms with Crippen molar-refractivity contribution in [2.75, 3.05) is 11.1 Å². The molecule has 1 heterocycles. The van der Waals surface area contributed by atoms with Gasteiger partial charge in [-0.2, -0.15) is 4.98 Å². The van der Waals surface area contributed by atoms with Crippen molar-refractivity contribution in [2.24, 2.45) is 0 Å². The highest BCUT2D eigenvalue weighted by Crippen LogP contribution is 2.31. The molecule has 0 atom stereocenters. The summed E-state index contributed by atoms with van der Waals surface area (Å²) in [6.45, 7) is 1.68. The molecule has 1 aromatic heterocycles. The van der Waals surface area contributed by atoms with Gasteiger partial charge in [0.15, 0.2) is 0 Å². The first kappa shape index (κ1) is 13.8. The first-order valence-corrected chi connectivity index (χ1v) is 5.73. The molecule has 0 unspecified atom stereocenters. The van der Waals surface area contributed by atoms with Gasteiger partial charge in [-0.05, 0) is 13.0 Å². The Balaban J connectivity index is 2.32. The summed E-state index contributed by atoms with van der Waals surface area (Å²) in [5, 5.41) is 13.1. The van der Waals surface area contributed by atoms with Crippen LogP contribution in [0.2, 0.25) is 5.02 Å². The monoisotopic (exact) mass is 296 g/mol. The lowest BCUT2D eigenvalue weighted by Crippen LogP contribution is -2.13. The van der Waals surface area contributed by atoms with Gasteiger partial charge in [0.05, 0.1) is 15.6 Å². The van der Waals surface area contributed by atoms with E-state index in [1.165, 1.54) is 12.3 Å². The minimum Gasteiger partial charge on any atom is -0.432 e. The van der Waals surface area contributed by atoms with Gasteiger partial charge in [-0.15, -0.1) is 0 Å². The number of rotatable bonds is 3. The summed E-state index contributed by atoms with van der Waals surface area (Å²) >= 11 is 5.77. The number of aryl methyl sites for hydroxylation is 1. The van der Waals surface area contributed by atoms with Crippen molar-refractivity contribution in [3.8, 4) is 0 Å². The molecule has 104 valence electrons. The summed E-state index contributed by atoms with van der Waals surface area (Å²) in [6.07, 6.45) is 1.36. The van der Waals surface area contributed by atoms with E-state index in [9.17, 15) is 14.9 Å². The largest absolute Gasteiger partial charge is 0.432 e. The highest BCUT2D eigenvalue weighted by atomic mass is 35.5. The van der Waals surface area contributed by atoms with E-state index >= 15 is 0 Å². The molecule has 2 rings (SSSR count). The van der Waals surface area contributed by atoms with Gasteiger partial charge >= 0.3 is 6.01 Å². The number of benzene rings is 1. The second-order valence-electron chi connectivity index (χ2n) is 3.90. The SMILES string of the molecule is Cc1coc(NC(=O)c2cc(Cl)c(N)c([N+](=O)[O-])c2)n1. The molecule has 0 radical (unpaired) electrons. The summed E-state index contributed by atoms with van der Waals surface area (Å²) in [4.78, 5) is 25.9. The average molecular weight is 297 g/mol. The van der Waals surface area contributed by atoms with Gasteiger partial charge < -0.3 is 10.2 Å². The molecule has 1 amide bonds. The molecule has 0 saturated heterocycles. The Bertz CT molecular complexity index is 698. The van der Waals surface area contributed by atoms with Crippen molar-refractivity contribution in [2.45, 2.75) is 6.92 Å². The first-order chi connectivity index (χ1) is 9.38. The summed E-state index contributed by atoms with van der Waals surface area (Å²) in [7, 11) is 0. The number of nitrogens with zero attached hydrogens (tertiary/aromatic N) is 2. The summed E-state index contributed by atoms with van der Waals surface area (Å²) in [6, 6.07) is 2.25. The maximum Gasteiger partial charge on any atom is 0.301 e. The number of anilines is 2. The smallest absolute Gasteiger partial charge is 0.301 e. The van der Waals surface area contributed by atoms with E-state index in [4.69, 9.17) is 21.8 Å². The lowest BCUT2D eigenvalue weighted by atomic mass is 10.1. The number of halogens is 1. The summed E-state index contributed by atoms with van der Waals surface area (Å²) in [5.74, 6) is -0.642. The van der Waals surface area contributed by atoms with Crippen LogP contribution in [0.4, 0.5) is 17.4 Å². The van der Waals surface area contributed by atoms with Gasteiger partial charge in [-0.1, -0.05) is 11.6 Å². The number of nitro benzene ring substituents is 1. The number of nitrogen functional groups attached to an aromatic ring is 1. The number of oxazole rings is 1. The maximum atomic E-state index is 11.9. The molecule has 1 aromatic carbocycles. The van der Waals surface area contributed by atoms with Crippen LogP contribution in [-0.2, 0) is 0 Å². The Morgan fingerprint density at radius 2 is 2.25 bits per heavy atom. The van der Waals surface area contributed by atoms with Crippen LogP contribution < -0.4 is 11.1 Å². The molecule has 0 saturated carbocycles. The number of nitrogens with two attached hydrogens (primary N) is 1. The van der Waals surface area contributed by atoms with Gasteiger partial charge in [0, 0.05) is 11.6 Å². The number of nitrogens with one attached hydrogen (secondary N) is 1. The molecule has 0 aliphatic rings. The van der Waals surface area contributed by atoms with Gasteiger partial charge in [0.25, 0.3) is 11.6 Å². The van der Waals surface area contributed by atoms with Crippen LogP contribution in [0.25, 0.3) is 0 Å². The fraction of sp³-hybridized carbons (Fsp3) is 0.0909. The zero-order valence-corrected chi connectivity index (χ0v) is 11.0. The Kier molecular flexibility index (Phi) is 3.57. The number of carbonyl (C=O) groups excluding carboxylic acids is 1. The van der Waals surface area contributed by atoms with E-state index in [1.807, 2.05) is 0 Å². The Morgan fingerprint density at radius 1 is 1.55 bits per heavy atom. The molecule has 8 nitrogen and oxygen atoms in total. The fourth-order valence-electron chi connectivity index (χ4n) is 1.47. The summed E-state index contributed by atoms with van der Waals surface area (Å²) in [5.41, 5.74) is 5.40. The second kappa shape index (κ2) is 5.17. The number of hydrogen-bond donors (Lipinski definition) is 2. The predicted octanol–water partition coefficient (Wildman–Crippen LogP) is 2.38. The van der Waals surface area contributed by atoms with E-state index in [0.29, 0.717) is 5.69 Å². The lowest BCUT2D eigenvalue weighted by molar-refractivity contribution is -0.383. The summed E-state index contributed by atoms with van der Waals surface area (Å²) < 4.78 is 4.95. The van der Waals surface area contributed by atoms with Crippen LogP contribution in [0.5, 0.6) is 0 Å². The van der Waals surface area contributed by atoms with Gasteiger partial charge in [-0.25, -0.2) is 0 Å². The normalized spacial score (nSPS) is 10.3. The van der Waals surface area contributed by atoms with E-state index in [-0.39, 0.29) is 22.3 Å². The minimum absolute atomic E-state index is 0.0110. The predicted molar refractivity (Wildman–Crippen MR) is 71.7 cm³/mol. The molecule has 2 aromatic rings. The van der Waals surface area contributed by atoms with Gasteiger partial charge in [0.2, 0.25) is 0 Å². The van der Waals surface area contributed by atoms with Crippen LogP contribution in [0, 0.1) is 17.0 Å². The van der Waals surface area contributed by atoms with Crippen LogP contribution in [0.15, 0.2) is 22.8 Å². The molecular formula is C11H9ClN4O4. The third-order valence-electron chi connectivity index (χ3n) is 2.41. The highest BCUT2D eigenvalue weighted by molar-refractivity contribution is 6.34. The van der Waals surface area contributed by atoms with E-state index in [2.05, 4.69) is 10.3 Å². The zero-order valence-electron chi connectivity index (χ0n) is 10.2. The molecule has 9 heteroatoms. The van der Waals surface area contributed by atoms with Crippen molar-refractivity contribution in [1.29, 1.82) is 0 Å². The number of amides is 1. The highest BCUT2D eigenvalue weighted by Gasteiger charge is 2.20. The van der Waals surface area contributed by atoms with E-state index < -0.39 is 16.5 Å². The third kappa shape index (κ3) is 2.69. The Hall–Kier alpha value is -2.61. The van der Waals surface area contributed by atoms with Crippen LogP contribution in [-0.4, -0.2) is 15.8 Å². The van der Waals surface area contributed by atoms with Crippen molar-refractivity contribution in [3.63, 3.8) is 0 Å². The molecule has 0 aliphatic carbocycles. The van der Waals surface area contributed by atoms with E-state index in [1.54, 1.807) is 6.92 Å². The Morgan fingerprint density at radius 3 is 2.80 bits per heavy atom. The number of nitro groups is 1. The standard InChI is InChI=1S/C11H9ClN4O4/c1-5-4-20-11(14-5)15-10(17)6-2-7(12)9(13)8(3-6)16(18)19/h2-4H,13H2,1H3,(H,14,15,17). The number of aromatic nitrogens is 1. The van der Waals surface area contributed by atoms with Crippen LogP contribution in [0.3, 0.4) is 0 Å².